The third kappa shape index (κ3) is 5.21. The van der Waals surface area contributed by atoms with E-state index in [0.717, 1.165) is 19.3 Å². The molecular formula is C27H47NaO9S. The van der Waals surface area contributed by atoms with E-state index in [-0.39, 0.29) is 72.7 Å². The molecule has 0 bridgehead atoms. The van der Waals surface area contributed by atoms with Gasteiger partial charge >= 0.3 is 29.6 Å². The molecular weight excluding hydrogens is 523 g/mol. The van der Waals surface area contributed by atoms with E-state index >= 15 is 0 Å². The van der Waals surface area contributed by atoms with Crippen molar-refractivity contribution in [2.45, 2.75) is 121 Å². The van der Waals surface area contributed by atoms with Gasteiger partial charge < -0.3 is 30.1 Å². The van der Waals surface area contributed by atoms with E-state index in [9.17, 15) is 38.5 Å². The Morgan fingerprint density at radius 2 is 1.71 bits per heavy atom. The topological polar surface area (TPSA) is 168 Å². The number of hydrogen-bond donors (Lipinski definition) is 5. The monoisotopic (exact) mass is 570 g/mol. The predicted molar refractivity (Wildman–Crippen MR) is 135 cm³/mol. The fraction of sp³-hybridized carbons (Fsp3) is 1.00. The summed E-state index contributed by atoms with van der Waals surface area (Å²) in [7, 11) is -5.17. The van der Waals surface area contributed by atoms with Crippen molar-refractivity contribution in [3.8, 4) is 0 Å². The fourth-order valence-corrected chi connectivity index (χ4v) is 10.1. The molecule has 4 rings (SSSR count). The summed E-state index contributed by atoms with van der Waals surface area (Å²) in [5.74, 6) is -0.685. The standard InChI is InChI=1S/C27H48O9S.Na/c1-16(15-28)6-5-7-17(2)19-13-23(36-37(33,34)35)27(32)25(19,4)11-9-22-24(3)10-8-18(29)12-20(24)21(30)14-26(22,27)31;/h16-23,28-32H,5-15H2,1-4H3,(H,33,34,35);/q;+1/p-1/t16-,17-,18+,19-,20-,21+,22-,23+,24+,25-,26+,27+;/m1./s1. The SMILES string of the molecule is C[C@@H](CO)CCC[C@@H](C)[C@H]1C[C@H](OS(=O)(=O)[O-])[C@]2(O)[C@]1(C)CC[C@@H]1[C@@]3(C)CC[C@H](O)C[C@@H]3[C@@H](O)C[C@]12O.[Na+]. The molecule has 0 amide bonds. The minimum Gasteiger partial charge on any atom is -0.726 e. The van der Waals surface area contributed by atoms with Crippen molar-refractivity contribution in [2.24, 2.45) is 40.4 Å². The van der Waals surface area contributed by atoms with E-state index in [1.165, 1.54) is 0 Å². The fourth-order valence-electron chi connectivity index (χ4n) is 9.61. The van der Waals surface area contributed by atoms with Crippen molar-refractivity contribution in [2.75, 3.05) is 6.61 Å². The molecule has 0 aliphatic heterocycles. The minimum absolute atomic E-state index is 0. The van der Waals surface area contributed by atoms with Crippen molar-refractivity contribution >= 4 is 10.4 Å². The van der Waals surface area contributed by atoms with E-state index in [0.29, 0.717) is 32.1 Å². The zero-order valence-corrected chi connectivity index (χ0v) is 26.5. The Hall–Kier alpha value is 0.670. The second-order valence-electron chi connectivity index (χ2n) is 13.5. The van der Waals surface area contributed by atoms with Crippen molar-refractivity contribution in [1.29, 1.82) is 0 Å². The molecule has 4 saturated carbocycles. The van der Waals surface area contributed by atoms with E-state index < -0.39 is 56.7 Å². The molecule has 0 spiro atoms. The molecule has 0 aromatic carbocycles. The van der Waals surface area contributed by atoms with Crippen LogP contribution in [0.15, 0.2) is 0 Å². The molecule has 4 aliphatic rings. The molecule has 38 heavy (non-hydrogen) atoms. The first-order valence-corrected chi connectivity index (χ1v) is 15.4. The van der Waals surface area contributed by atoms with Crippen LogP contribution in [0.5, 0.6) is 0 Å². The van der Waals surface area contributed by atoms with E-state index in [4.69, 9.17) is 4.18 Å². The van der Waals surface area contributed by atoms with Crippen molar-refractivity contribution in [1.82, 2.24) is 0 Å². The summed E-state index contributed by atoms with van der Waals surface area (Å²) in [4.78, 5) is 0. The maximum absolute atomic E-state index is 12.6. The Labute approximate surface area is 250 Å². The molecule has 216 valence electrons. The first-order valence-electron chi connectivity index (χ1n) is 14.1. The summed E-state index contributed by atoms with van der Waals surface area (Å²) in [5, 5.41) is 56.1. The summed E-state index contributed by atoms with van der Waals surface area (Å²) in [6.07, 6.45) is 2.15. The molecule has 0 aromatic heterocycles. The molecule has 12 atom stereocenters. The molecule has 0 radical (unpaired) electrons. The predicted octanol–water partition coefficient (Wildman–Crippen LogP) is -0.899. The zero-order chi connectivity index (χ0) is 27.6. The second-order valence-corrected chi connectivity index (χ2v) is 14.6. The number of aliphatic hydroxyl groups is 5. The van der Waals surface area contributed by atoms with E-state index in [1.54, 1.807) is 0 Å². The minimum atomic E-state index is -5.17. The van der Waals surface area contributed by atoms with Crippen LogP contribution < -0.4 is 29.6 Å². The Bertz CT molecular complexity index is 951. The van der Waals surface area contributed by atoms with Crippen LogP contribution in [0.25, 0.3) is 0 Å². The van der Waals surface area contributed by atoms with Gasteiger partial charge in [0.2, 0.25) is 10.4 Å². The van der Waals surface area contributed by atoms with Gasteiger partial charge in [0.15, 0.2) is 0 Å². The summed E-state index contributed by atoms with van der Waals surface area (Å²) < 4.78 is 40.6. The van der Waals surface area contributed by atoms with Gasteiger partial charge in [-0.3, -0.25) is 4.18 Å². The summed E-state index contributed by atoms with van der Waals surface area (Å²) in [5.41, 5.74) is -5.41. The third-order valence-electron chi connectivity index (χ3n) is 11.6. The molecule has 4 fully saturated rings. The van der Waals surface area contributed by atoms with Gasteiger partial charge in [-0.2, -0.15) is 0 Å². The van der Waals surface area contributed by atoms with Gasteiger partial charge in [0, 0.05) is 18.4 Å². The van der Waals surface area contributed by atoms with Crippen LogP contribution in [0, 0.1) is 40.4 Å². The smallest absolute Gasteiger partial charge is 0.726 e. The van der Waals surface area contributed by atoms with Gasteiger partial charge in [0.05, 0.1) is 12.2 Å². The number of rotatable bonds is 8. The number of fused-ring (bicyclic) bond motifs is 5. The van der Waals surface area contributed by atoms with Gasteiger partial charge in [-0.05, 0) is 80.0 Å². The van der Waals surface area contributed by atoms with Crippen LogP contribution in [-0.2, 0) is 14.6 Å². The van der Waals surface area contributed by atoms with Crippen LogP contribution in [0.1, 0.15) is 91.9 Å². The van der Waals surface area contributed by atoms with Crippen LogP contribution in [0.4, 0.5) is 0 Å². The van der Waals surface area contributed by atoms with Gasteiger partial charge in [0.1, 0.15) is 17.3 Å². The van der Waals surface area contributed by atoms with Gasteiger partial charge in [-0.15, -0.1) is 0 Å². The maximum Gasteiger partial charge on any atom is 1.00 e. The summed E-state index contributed by atoms with van der Waals surface area (Å²) in [6.45, 7) is 8.03. The molecule has 0 aromatic rings. The van der Waals surface area contributed by atoms with Gasteiger partial charge in [-0.25, -0.2) is 8.42 Å². The Morgan fingerprint density at radius 1 is 1.05 bits per heavy atom. The largest absolute Gasteiger partial charge is 1.00 e. The molecule has 9 nitrogen and oxygen atoms in total. The Kier molecular flexibility index (Phi) is 9.95. The zero-order valence-electron chi connectivity index (χ0n) is 23.7. The Balaban J connectivity index is 0.00000400. The average molecular weight is 571 g/mol. The van der Waals surface area contributed by atoms with Crippen molar-refractivity contribution in [3.63, 3.8) is 0 Å². The van der Waals surface area contributed by atoms with Crippen molar-refractivity contribution < 1.29 is 72.2 Å². The third-order valence-corrected chi connectivity index (χ3v) is 12.0. The normalized spacial score (nSPS) is 48.3. The van der Waals surface area contributed by atoms with Crippen LogP contribution in [-0.4, -0.2) is 74.6 Å². The second kappa shape index (κ2) is 11.4. The Morgan fingerprint density at radius 3 is 2.32 bits per heavy atom. The van der Waals surface area contributed by atoms with Crippen LogP contribution >= 0.6 is 0 Å². The van der Waals surface area contributed by atoms with Crippen molar-refractivity contribution in [3.05, 3.63) is 0 Å². The van der Waals surface area contributed by atoms with Gasteiger partial charge in [0.25, 0.3) is 0 Å². The molecule has 4 aliphatic carbocycles. The van der Waals surface area contributed by atoms with E-state index in [2.05, 4.69) is 6.92 Å². The summed E-state index contributed by atoms with van der Waals surface area (Å²) >= 11 is 0. The molecule has 0 saturated heterocycles. The van der Waals surface area contributed by atoms with E-state index in [1.807, 2.05) is 20.8 Å². The maximum atomic E-state index is 12.6. The summed E-state index contributed by atoms with van der Waals surface area (Å²) in [6, 6.07) is 0. The first kappa shape index (κ1) is 33.2. The quantitative estimate of drug-likeness (QED) is 0.141. The van der Waals surface area contributed by atoms with Gasteiger partial charge in [-0.1, -0.05) is 40.5 Å². The van der Waals surface area contributed by atoms with Crippen LogP contribution in [0.3, 0.4) is 0 Å². The van der Waals surface area contributed by atoms with Crippen LogP contribution in [0.2, 0.25) is 0 Å². The number of aliphatic hydroxyl groups excluding tert-OH is 3. The first-order chi connectivity index (χ1) is 17.0. The average Bonchev–Trinajstić information content (AvgIpc) is 3.02. The molecule has 0 unspecified atom stereocenters. The molecule has 11 heteroatoms. The molecule has 5 N–H and O–H groups in total. The molecule has 0 heterocycles. The number of hydrogen-bond acceptors (Lipinski definition) is 9.